The molecule has 1 N–H and O–H groups in total. The first kappa shape index (κ1) is 33.9. The summed E-state index contributed by atoms with van der Waals surface area (Å²) in [6.45, 7) is 17.3. The minimum absolute atomic E-state index is 0.108. The van der Waals surface area contributed by atoms with Crippen LogP contribution >= 0.6 is 0 Å². The van der Waals surface area contributed by atoms with Crippen LogP contribution in [0.3, 0.4) is 0 Å². The second-order valence-electron chi connectivity index (χ2n) is 11.2. The van der Waals surface area contributed by atoms with Gasteiger partial charge in [0.15, 0.2) is 0 Å². The van der Waals surface area contributed by atoms with Gasteiger partial charge in [0.25, 0.3) is 0 Å². The summed E-state index contributed by atoms with van der Waals surface area (Å²) in [4.78, 5) is 23.1. The van der Waals surface area contributed by atoms with Gasteiger partial charge < -0.3 is 9.84 Å². The first-order chi connectivity index (χ1) is 16.9. The molecular weight excluding hydrogens is 448 g/mol. The number of esters is 1. The van der Waals surface area contributed by atoms with Crippen LogP contribution in [0.5, 0.6) is 0 Å². The summed E-state index contributed by atoms with van der Waals surface area (Å²) in [6, 6.07) is 0. The number of hydrogen-bond acceptors (Lipinski definition) is 3. The Kier molecular flexibility index (Phi) is 18.8. The number of rotatable bonds is 19. The lowest BCUT2D eigenvalue weighted by molar-refractivity contribution is -0.144. The number of carboxylic acids is 1. The largest absolute Gasteiger partial charge is 0.481 e. The van der Waals surface area contributed by atoms with Gasteiger partial charge in [-0.2, -0.15) is 0 Å². The average Bonchev–Trinajstić information content (AvgIpc) is 2.76. The maximum Gasteiger partial charge on any atom is 0.311 e. The number of carboxylic acid groups (broad SMARTS) is 1. The van der Waals surface area contributed by atoms with Crippen molar-refractivity contribution in [1.29, 1.82) is 0 Å². The van der Waals surface area contributed by atoms with E-state index in [1.807, 2.05) is 13.0 Å². The van der Waals surface area contributed by atoms with Gasteiger partial charge in [-0.3, -0.25) is 9.59 Å². The van der Waals surface area contributed by atoms with Crippen molar-refractivity contribution in [3.05, 3.63) is 46.3 Å². The first-order valence-electron chi connectivity index (χ1n) is 14.0. The standard InChI is InChI=1S/C32H54O4/c1-24(2)13-9-15-26(5)17-11-19-28(7)23-30(36-32(35)22-21-31(33)34)29(8)20-12-18-27(6)16-10-14-25(3)4/h13-14,23,26-27H,9-12,15-22H2,1-8H3,(H,33,34). The second-order valence-corrected chi connectivity index (χ2v) is 11.2. The van der Waals surface area contributed by atoms with E-state index in [2.05, 4.69) is 60.6 Å². The molecule has 206 valence electrons. The van der Waals surface area contributed by atoms with Crippen LogP contribution in [0.4, 0.5) is 0 Å². The SMILES string of the molecule is CC(C)=CCCC(C)CCCC(C)=CC(OC(=O)CCC(=O)O)=C(C)CCCC(C)CCC=C(C)C. The number of aliphatic carboxylic acids is 1. The van der Waals surface area contributed by atoms with Crippen molar-refractivity contribution in [2.24, 2.45) is 11.8 Å². The normalized spacial score (nSPS) is 13.9. The molecule has 0 heterocycles. The van der Waals surface area contributed by atoms with Crippen molar-refractivity contribution in [1.82, 2.24) is 0 Å². The number of carbonyl (C=O) groups excluding carboxylic acids is 1. The summed E-state index contributed by atoms with van der Waals surface area (Å²) in [6.07, 6.45) is 17.3. The van der Waals surface area contributed by atoms with Crippen molar-refractivity contribution in [3.8, 4) is 0 Å². The summed E-state index contributed by atoms with van der Waals surface area (Å²) in [5.74, 6) is 0.501. The van der Waals surface area contributed by atoms with Crippen LogP contribution in [0.15, 0.2) is 46.3 Å². The lowest BCUT2D eigenvalue weighted by Crippen LogP contribution is -2.08. The Morgan fingerprint density at radius 2 is 1.22 bits per heavy atom. The second kappa shape index (κ2) is 20.0. The molecule has 0 aromatic heterocycles. The Morgan fingerprint density at radius 1 is 0.722 bits per heavy atom. The van der Waals surface area contributed by atoms with Gasteiger partial charge in [-0.05, 0) is 116 Å². The smallest absolute Gasteiger partial charge is 0.311 e. The van der Waals surface area contributed by atoms with E-state index in [0.717, 1.165) is 50.5 Å². The molecule has 0 saturated carbocycles. The zero-order valence-electron chi connectivity index (χ0n) is 24.5. The van der Waals surface area contributed by atoms with Crippen molar-refractivity contribution in [2.45, 2.75) is 132 Å². The molecule has 0 amide bonds. The molecule has 0 aromatic rings. The summed E-state index contributed by atoms with van der Waals surface area (Å²) in [7, 11) is 0. The van der Waals surface area contributed by atoms with Gasteiger partial charge in [0.05, 0.1) is 12.8 Å². The van der Waals surface area contributed by atoms with E-state index in [-0.39, 0.29) is 12.8 Å². The van der Waals surface area contributed by atoms with E-state index < -0.39 is 11.9 Å². The quantitative estimate of drug-likeness (QED) is 0.0826. The topological polar surface area (TPSA) is 63.6 Å². The molecule has 4 heteroatoms. The van der Waals surface area contributed by atoms with Gasteiger partial charge in [0.2, 0.25) is 0 Å². The zero-order valence-corrected chi connectivity index (χ0v) is 24.5. The highest BCUT2D eigenvalue weighted by Gasteiger charge is 2.12. The van der Waals surface area contributed by atoms with Crippen molar-refractivity contribution in [3.63, 3.8) is 0 Å². The fourth-order valence-electron chi connectivity index (χ4n) is 4.09. The van der Waals surface area contributed by atoms with Gasteiger partial charge in [-0.1, -0.05) is 55.6 Å². The third-order valence-electron chi connectivity index (χ3n) is 6.51. The van der Waals surface area contributed by atoms with Crippen LogP contribution in [0.2, 0.25) is 0 Å². The molecule has 0 bridgehead atoms. The molecule has 4 nitrogen and oxygen atoms in total. The van der Waals surface area contributed by atoms with E-state index in [9.17, 15) is 9.59 Å². The summed E-state index contributed by atoms with van der Waals surface area (Å²) in [5, 5.41) is 8.90. The van der Waals surface area contributed by atoms with E-state index in [0.29, 0.717) is 17.6 Å². The van der Waals surface area contributed by atoms with Crippen molar-refractivity contribution in [2.75, 3.05) is 0 Å². The van der Waals surface area contributed by atoms with Gasteiger partial charge in [-0.25, -0.2) is 0 Å². The summed E-state index contributed by atoms with van der Waals surface area (Å²) >= 11 is 0. The van der Waals surface area contributed by atoms with Crippen LogP contribution in [-0.4, -0.2) is 17.0 Å². The van der Waals surface area contributed by atoms with Gasteiger partial charge in [0, 0.05) is 0 Å². The molecule has 0 aliphatic heterocycles. The Morgan fingerprint density at radius 3 is 1.69 bits per heavy atom. The molecule has 2 atom stereocenters. The van der Waals surface area contributed by atoms with E-state index in [1.54, 1.807) is 0 Å². The fraction of sp³-hybridized carbons (Fsp3) is 0.688. The van der Waals surface area contributed by atoms with Crippen LogP contribution in [-0.2, 0) is 14.3 Å². The molecule has 0 aliphatic rings. The van der Waals surface area contributed by atoms with Crippen LogP contribution in [0, 0.1) is 11.8 Å². The highest BCUT2D eigenvalue weighted by molar-refractivity contribution is 5.77. The third kappa shape index (κ3) is 20.1. The molecule has 0 radical (unpaired) electrons. The van der Waals surface area contributed by atoms with Gasteiger partial charge in [-0.15, -0.1) is 0 Å². The Balaban J connectivity index is 5.02. The molecule has 0 rings (SSSR count). The monoisotopic (exact) mass is 502 g/mol. The summed E-state index contributed by atoms with van der Waals surface area (Å²) in [5.41, 5.74) is 5.01. The highest BCUT2D eigenvalue weighted by atomic mass is 16.5. The average molecular weight is 503 g/mol. The van der Waals surface area contributed by atoms with Crippen molar-refractivity contribution < 1.29 is 19.4 Å². The Labute approximate surface area is 222 Å². The maximum absolute atomic E-state index is 12.3. The lowest BCUT2D eigenvalue weighted by Gasteiger charge is -2.14. The minimum atomic E-state index is -0.985. The molecule has 36 heavy (non-hydrogen) atoms. The molecule has 0 aliphatic carbocycles. The third-order valence-corrected chi connectivity index (χ3v) is 6.51. The van der Waals surface area contributed by atoms with E-state index in [1.165, 1.54) is 36.0 Å². The van der Waals surface area contributed by atoms with Gasteiger partial charge in [0.1, 0.15) is 5.76 Å². The minimum Gasteiger partial charge on any atom is -0.481 e. The molecule has 0 spiro atoms. The highest BCUT2D eigenvalue weighted by Crippen LogP contribution is 2.23. The molecule has 0 saturated heterocycles. The maximum atomic E-state index is 12.3. The fourth-order valence-corrected chi connectivity index (χ4v) is 4.09. The van der Waals surface area contributed by atoms with Crippen LogP contribution in [0.1, 0.15) is 132 Å². The Hall–Kier alpha value is -2.10. The number of allylic oxidation sites excluding steroid dienone is 7. The number of carbonyl (C=O) groups is 2. The summed E-state index contributed by atoms with van der Waals surface area (Å²) < 4.78 is 5.67. The number of hydrogen-bond donors (Lipinski definition) is 1. The van der Waals surface area contributed by atoms with Crippen LogP contribution < -0.4 is 0 Å². The number of ether oxygens (including phenoxy) is 1. The zero-order chi connectivity index (χ0) is 27.5. The molecule has 0 aromatic carbocycles. The first-order valence-corrected chi connectivity index (χ1v) is 14.0. The molecule has 0 fully saturated rings. The predicted molar refractivity (Wildman–Crippen MR) is 153 cm³/mol. The van der Waals surface area contributed by atoms with Crippen molar-refractivity contribution >= 4 is 11.9 Å². The van der Waals surface area contributed by atoms with E-state index >= 15 is 0 Å². The molecule has 2 unspecified atom stereocenters. The van der Waals surface area contributed by atoms with Crippen LogP contribution in [0.25, 0.3) is 0 Å². The Bertz CT molecular complexity index is 774. The predicted octanol–water partition coefficient (Wildman–Crippen LogP) is 9.72. The lowest BCUT2D eigenvalue weighted by atomic mass is 9.95. The molecular formula is C32H54O4. The van der Waals surface area contributed by atoms with E-state index in [4.69, 9.17) is 9.84 Å². The van der Waals surface area contributed by atoms with Gasteiger partial charge >= 0.3 is 11.9 Å².